The van der Waals surface area contributed by atoms with Crippen LogP contribution < -0.4 is 10.6 Å². The van der Waals surface area contributed by atoms with E-state index in [2.05, 4.69) is 27.5 Å². The third-order valence-electron chi connectivity index (χ3n) is 3.01. The highest BCUT2D eigenvalue weighted by molar-refractivity contribution is 5.89. The molecule has 0 aliphatic heterocycles. The van der Waals surface area contributed by atoms with Crippen LogP contribution in [-0.2, 0) is 0 Å². The van der Waals surface area contributed by atoms with Crippen molar-refractivity contribution in [1.29, 1.82) is 0 Å². The molecule has 0 fully saturated rings. The van der Waals surface area contributed by atoms with Gasteiger partial charge < -0.3 is 15.7 Å². The zero-order chi connectivity index (χ0) is 14.2. The van der Waals surface area contributed by atoms with Crippen LogP contribution >= 0.6 is 0 Å². The summed E-state index contributed by atoms with van der Waals surface area (Å²) in [5.41, 5.74) is 0.936. The van der Waals surface area contributed by atoms with Gasteiger partial charge in [-0.15, -0.1) is 0 Å². The van der Waals surface area contributed by atoms with Crippen molar-refractivity contribution < 1.29 is 5.11 Å². The van der Waals surface area contributed by atoms with E-state index >= 15 is 0 Å². The normalized spacial score (nSPS) is 10.7. The monoisotopic (exact) mass is 274 g/mol. The molecule has 1 aromatic heterocycles. The summed E-state index contributed by atoms with van der Waals surface area (Å²) >= 11 is 0. The van der Waals surface area contributed by atoms with Crippen LogP contribution in [0.4, 0.5) is 11.8 Å². The first-order valence-electron chi connectivity index (χ1n) is 7.20. The van der Waals surface area contributed by atoms with Gasteiger partial charge in [0.15, 0.2) is 0 Å². The van der Waals surface area contributed by atoms with Crippen LogP contribution in [-0.4, -0.2) is 34.8 Å². The van der Waals surface area contributed by atoms with Crippen LogP contribution in [0.1, 0.15) is 26.2 Å². The zero-order valence-corrected chi connectivity index (χ0v) is 11.9. The van der Waals surface area contributed by atoms with Crippen LogP contribution in [0.25, 0.3) is 10.9 Å². The number of unbranched alkanes of at least 4 members (excludes halogenated alkanes) is 1. The van der Waals surface area contributed by atoms with E-state index in [0.29, 0.717) is 5.95 Å². The summed E-state index contributed by atoms with van der Waals surface area (Å²) < 4.78 is 0. The van der Waals surface area contributed by atoms with Crippen molar-refractivity contribution in [1.82, 2.24) is 9.97 Å². The first-order valence-corrected chi connectivity index (χ1v) is 7.20. The topological polar surface area (TPSA) is 70.1 Å². The fourth-order valence-corrected chi connectivity index (χ4v) is 1.97. The Labute approximate surface area is 119 Å². The number of aliphatic hydroxyl groups is 1. The molecule has 0 radical (unpaired) electrons. The van der Waals surface area contributed by atoms with Crippen molar-refractivity contribution in [3.8, 4) is 0 Å². The minimum atomic E-state index is 0.232. The van der Waals surface area contributed by atoms with Gasteiger partial charge in [-0.05, 0) is 31.4 Å². The van der Waals surface area contributed by atoms with Crippen molar-refractivity contribution in [3.05, 3.63) is 24.3 Å². The number of nitrogens with zero attached hydrogens (tertiary/aromatic N) is 2. The number of nitrogens with one attached hydrogen (secondary N) is 2. The summed E-state index contributed by atoms with van der Waals surface area (Å²) in [6.45, 7) is 4.01. The van der Waals surface area contributed by atoms with Gasteiger partial charge in [0.05, 0.1) is 5.52 Å². The molecule has 20 heavy (non-hydrogen) atoms. The van der Waals surface area contributed by atoms with Crippen molar-refractivity contribution in [3.63, 3.8) is 0 Å². The molecule has 2 rings (SSSR count). The van der Waals surface area contributed by atoms with Gasteiger partial charge in [-0.2, -0.15) is 4.98 Å². The van der Waals surface area contributed by atoms with Gasteiger partial charge in [0.2, 0.25) is 5.95 Å². The van der Waals surface area contributed by atoms with Gasteiger partial charge in [0, 0.05) is 25.1 Å². The molecule has 1 aromatic carbocycles. The Morgan fingerprint density at radius 1 is 1.05 bits per heavy atom. The van der Waals surface area contributed by atoms with Crippen LogP contribution in [0.2, 0.25) is 0 Å². The molecular formula is C15H22N4O. The van der Waals surface area contributed by atoms with Gasteiger partial charge in [0.1, 0.15) is 5.82 Å². The number of hydrogen-bond acceptors (Lipinski definition) is 5. The lowest BCUT2D eigenvalue weighted by molar-refractivity contribution is 0.286. The highest BCUT2D eigenvalue weighted by atomic mass is 16.2. The fourth-order valence-electron chi connectivity index (χ4n) is 1.97. The lowest BCUT2D eigenvalue weighted by Gasteiger charge is -2.11. The third-order valence-corrected chi connectivity index (χ3v) is 3.01. The fraction of sp³-hybridized carbons (Fsp3) is 0.467. The number of aromatic nitrogens is 2. The molecule has 0 saturated carbocycles. The van der Waals surface area contributed by atoms with Crippen molar-refractivity contribution >= 4 is 22.7 Å². The average Bonchev–Trinajstić information content (AvgIpc) is 2.49. The Morgan fingerprint density at radius 3 is 2.70 bits per heavy atom. The quantitative estimate of drug-likeness (QED) is 0.646. The largest absolute Gasteiger partial charge is 0.396 e. The molecule has 5 heteroatoms. The molecular weight excluding hydrogens is 252 g/mol. The van der Waals surface area contributed by atoms with E-state index in [1.165, 1.54) is 0 Å². The van der Waals surface area contributed by atoms with Crippen molar-refractivity contribution in [2.24, 2.45) is 0 Å². The number of aliphatic hydroxyl groups excluding tert-OH is 1. The van der Waals surface area contributed by atoms with E-state index in [0.717, 1.165) is 49.1 Å². The molecule has 0 amide bonds. The van der Waals surface area contributed by atoms with Gasteiger partial charge in [-0.1, -0.05) is 19.1 Å². The molecule has 1 heterocycles. The van der Waals surface area contributed by atoms with E-state index in [9.17, 15) is 0 Å². The number of para-hydroxylation sites is 1. The van der Waals surface area contributed by atoms with E-state index in [1.54, 1.807) is 0 Å². The number of anilines is 2. The third kappa shape index (κ3) is 3.81. The maximum atomic E-state index is 8.81. The molecule has 0 saturated heterocycles. The van der Waals surface area contributed by atoms with Crippen LogP contribution in [0, 0.1) is 0 Å². The Hall–Kier alpha value is -1.88. The molecule has 0 bridgehead atoms. The second-order valence-electron chi connectivity index (χ2n) is 4.70. The molecule has 0 aliphatic rings. The van der Waals surface area contributed by atoms with Crippen LogP contribution in [0.5, 0.6) is 0 Å². The standard InChI is InChI=1S/C15H22N4O/c1-2-9-17-15-18-13-8-4-3-7-12(13)14(19-15)16-10-5-6-11-20/h3-4,7-8,20H,2,5-6,9-11H2,1H3,(H2,16,17,18,19). The maximum absolute atomic E-state index is 8.81. The summed E-state index contributed by atoms with van der Waals surface area (Å²) in [7, 11) is 0. The SMILES string of the molecule is CCCNc1nc(NCCCCO)c2ccccc2n1. The van der Waals surface area contributed by atoms with Gasteiger partial charge in [-0.3, -0.25) is 0 Å². The minimum absolute atomic E-state index is 0.232. The van der Waals surface area contributed by atoms with Gasteiger partial charge in [0.25, 0.3) is 0 Å². The molecule has 0 aliphatic carbocycles. The molecule has 5 nitrogen and oxygen atoms in total. The van der Waals surface area contributed by atoms with E-state index in [-0.39, 0.29) is 6.61 Å². The van der Waals surface area contributed by atoms with Crippen LogP contribution in [0.3, 0.4) is 0 Å². The first kappa shape index (κ1) is 14.5. The summed E-state index contributed by atoms with van der Waals surface area (Å²) in [6.07, 6.45) is 2.76. The molecule has 3 N–H and O–H groups in total. The van der Waals surface area contributed by atoms with Gasteiger partial charge >= 0.3 is 0 Å². The summed E-state index contributed by atoms with van der Waals surface area (Å²) in [4.78, 5) is 9.06. The van der Waals surface area contributed by atoms with Gasteiger partial charge in [-0.25, -0.2) is 4.98 Å². The molecule has 0 atom stereocenters. The number of fused-ring (bicyclic) bond motifs is 1. The summed E-state index contributed by atoms with van der Waals surface area (Å²) in [6, 6.07) is 7.98. The maximum Gasteiger partial charge on any atom is 0.225 e. The van der Waals surface area contributed by atoms with Crippen molar-refractivity contribution in [2.45, 2.75) is 26.2 Å². The summed E-state index contributed by atoms with van der Waals surface area (Å²) in [5, 5.41) is 16.4. The zero-order valence-electron chi connectivity index (χ0n) is 11.9. The predicted octanol–water partition coefficient (Wildman–Crippen LogP) is 2.64. The second kappa shape index (κ2) is 7.65. The Balaban J connectivity index is 2.19. The van der Waals surface area contributed by atoms with Crippen molar-refractivity contribution in [2.75, 3.05) is 30.3 Å². The second-order valence-corrected chi connectivity index (χ2v) is 4.70. The number of benzene rings is 1. The lowest BCUT2D eigenvalue weighted by atomic mass is 10.2. The molecule has 0 unspecified atom stereocenters. The highest BCUT2D eigenvalue weighted by Gasteiger charge is 2.06. The molecule has 2 aromatic rings. The van der Waals surface area contributed by atoms with Crippen LogP contribution in [0.15, 0.2) is 24.3 Å². The lowest BCUT2D eigenvalue weighted by Crippen LogP contribution is -2.09. The highest BCUT2D eigenvalue weighted by Crippen LogP contribution is 2.21. The Morgan fingerprint density at radius 2 is 1.90 bits per heavy atom. The molecule has 0 spiro atoms. The summed E-state index contributed by atoms with van der Waals surface area (Å²) in [5.74, 6) is 1.52. The Kier molecular flexibility index (Phi) is 5.55. The molecule has 108 valence electrons. The van der Waals surface area contributed by atoms with E-state index < -0.39 is 0 Å². The Bertz CT molecular complexity index is 544. The smallest absolute Gasteiger partial charge is 0.225 e. The average molecular weight is 274 g/mol. The van der Waals surface area contributed by atoms with E-state index in [1.807, 2.05) is 24.3 Å². The number of rotatable bonds is 8. The predicted molar refractivity (Wildman–Crippen MR) is 83.1 cm³/mol. The first-order chi connectivity index (χ1) is 9.85. The minimum Gasteiger partial charge on any atom is -0.396 e. The van der Waals surface area contributed by atoms with E-state index in [4.69, 9.17) is 5.11 Å². The number of hydrogen-bond donors (Lipinski definition) is 3.